The second kappa shape index (κ2) is 5.90. The van der Waals surface area contributed by atoms with Crippen LogP contribution >= 0.6 is 22.9 Å². The maximum atomic E-state index is 13.3. The van der Waals surface area contributed by atoms with Crippen molar-refractivity contribution >= 4 is 44.3 Å². The number of halogens is 4. The molecule has 22 heavy (non-hydrogen) atoms. The Morgan fingerprint density at radius 1 is 1.36 bits per heavy atom. The lowest BCUT2D eigenvalue weighted by atomic mass is 10.2. The van der Waals surface area contributed by atoms with Crippen molar-refractivity contribution in [3.05, 3.63) is 23.2 Å². The maximum absolute atomic E-state index is 13.3. The number of carbonyl (C=O) groups excluding carboxylic acids is 1. The molecule has 1 N–H and O–H groups in total. The van der Waals surface area contributed by atoms with Gasteiger partial charge < -0.3 is 14.8 Å². The molecule has 0 fully saturated rings. The molecule has 0 saturated heterocycles. The van der Waals surface area contributed by atoms with Gasteiger partial charge in [0.05, 0.1) is 17.3 Å². The zero-order chi connectivity index (χ0) is 16.5. The number of methoxy groups -OCH3 is 2. The van der Waals surface area contributed by atoms with E-state index in [9.17, 15) is 18.0 Å². The van der Waals surface area contributed by atoms with Crippen molar-refractivity contribution in [3.8, 4) is 0 Å². The molecule has 1 aromatic carbocycles. The van der Waals surface area contributed by atoms with Crippen LogP contribution in [0.4, 0.5) is 18.3 Å². The highest BCUT2D eigenvalue weighted by Gasteiger charge is 2.63. The number of thiazole rings is 1. The van der Waals surface area contributed by atoms with Gasteiger partial charge in [-0.05, 0) is 18.2 Å². The van der Waals surface area contributed by atoms with Gasteiger partial charge in [0.25, 0.3) is 0 Å². The van der Waals surface area contributed by atoms with E-state index in [-0.39, 0.29) is 5.13 Å². The maximum Gasteiger partial charge on any atom is 0.448 e. The first-order valence-electron chi connectivity index (χ1n) is 5.78. The van der Waals surface area contributed by atoms with E-state index >= 15 is 0 Å². The van der Waals surface area contributed by atoms with Gasteiger partial charge in [0.2, 0.25) is 0 Å². The number of benzene rings is 1. The monoisotopic (exact) mass is 354 g/mol. The predicted molar refractivity (Wildman–Crippen MR) is 76.1 cm³/mol. The number of hydrogen-bond donors (Lipinski definition) is 1. The summed E-state index contributed by atoms with van der Waals surface area (Å²) in [6, 6.07) is 4.67. The molecule has 0 aliphatic heterocycles. The molecular weight excluding hydrogens is 345 g/mol. The third-order valence-electron chi connectivity index (χ3n) is 2.81. The van der Waals surface area contributed by atoms with Crippen LogP contribution in [0.25, 0.3) is 10.2 Å². The molecule has 0 saturated carbocycles. The van der Waals surface area contributed by atoms with Crippen LogP contribution in [0.1, 0.15) is 0 Å². The van der Waals surface area contributed by atoms with Gasteiger partial charge in [0.15, 0.2) is 5.13 Å². The number of esters is 1. The summed E-state index contributed by atoms with van der Waals surface area (Å²) in [6.07, 6.45) is -5.05. The Balaban J connectivity index is 2.47. The Morgan fingerprint density at radius 2 is 2.05 bits per heavy atom. The van der Waals surface area contributed by atoms with Crippen molar-refractivity contribution in [3.63, 3.8) is 0 Å². The fraction of sp³-hybridized carbons (Fsp3) is 0.333. The highest BCUT2D eigenvalue weighted by atomic mass is 35.5. The average Bonchev–Trinajstić information content (AvgIpc) is 2.83. The van der Waals surface area contributed by atoms with Crippen LogP contribution < -0.4 is 5.32 Å². The zero-order valence-corrected chi connectivity index (χ0v) is 12.9. The Hall–Kier alpha value is -1.58. The smallest absolute Gasteiger partial charge is 0.448 e. The number of aromatic nitrogens is 1. The Labute approximate surface area is 132 Å². The molecule has 2 aromatic rings. The van der Waals surface area contributed by atoms with Crippen molar-refractivity contribution < 1.29 is 27.4 Å². The molecule has 10 heteroatoms. The van der Waals surface area contributed by atoms with Crippen LogP contribution in [0, 0.1) is 0 Å². The molecule has 0 radical (unpaired) electrons. The summed E-state index contributed by atoms with van der Waals surface area (Å²) in [6.45, 7) is 0. The van der Waals surface area contributed by atoms with E-state index in [4.69, 9.17) is 11.6 Å². The first-order valence-corrected chi connectivity index (χ1v) is 6.97. The molecule has 0 bridgehead atoms. The molecule has 120 valence electrons. The first-order chi connectivity index (χ1) is 10.2. The number of anilines is 1. The number of hydrogen-bond acceptors (Lipinski definition) is 6. The Kier molecular flexibility index (Phi) is 4.50. The second-order valence-corrected chi connectivity index (χ2v) is 5.60. The van der Waals surface area contributed by atoms with Gasteiger partial charge in [-0.2, -0.15) is 13.2 Å². The minimum atomic E-state index is -5.05. The number of fused-ring (bicyclic) bond motifs is 1. The predicted octanol–water partition coefficient (Wildman–Crippen LogP) is 3.44. The number of ether oxygens (including phenoxy) is 2. The normalized spacial score (nSPS) is 14.6. The first kappa shape index (κ1) is 16.8. The third-order valence-corrected chi connectivity index (χ3v) is 3.98. The van der Waals surface area contributed by atoms with Gasteiger partial charge in [0, 0.05) is 12.1 Å². The lowest BCUT2D eigenvalue weighted by molar-refractivity contribution is -0.259. The van der Waals surface area contributed by atoms with Gasteiger partial charge >= 0.3 is 17.9 Å². The lowest BCUT2D eigenvalue weighted by Gasteiger charge is -2.31. The fourth-order valence-electron chi connectivity index (χ4n) is 1.73. The Morgan fingerprint density at radius 3 is 2.59 bits per heavy atom. The van der Waals surface area contributed by atoms with Crippen LogP contribution in [0.2, 0.25) is 5.02 Å². The van der Waals surface area contributed by atoms with Crippen LogP contribution in [0.5, 0.6) is 0 Å². The number of nitrogens with one attached hydrogen (secondary N) is 1. The van der Waals surface area contributed by atoms with E-state index in [1.54, 1.807) is 18.2 Å². The standard InChI is InChI=1S/C12H10ClF3N2O3S/c1-20-9(19)11(21-2,12(14,15)16)18-10-17-7-4-3-6(13)5-8(7)22-10/h3-5H,1-2H3,(H,17,18)/t11-/m0/s1. The number of alkyl halides is 3. The highest BCUT2D eigenvalue weighted by Crippen LogP contribution is 2.37. The van der Waals surface area contributed by atoms with E-state index < -0.39 is 17.9 Å². The Bertz CT molecular complexity index is 706. The molecule has 5 nitrogen and oxygen atoms in total. The summed E-state index contributed by atoms with van der Waals surface area (Å²) in [4.78, 5) is 15.6. The number of nitrogens with zero attached hydrogens (tertiary/aromatic N) is 1. The van der Waals surface area contributed by atoms with E-state index in [1.165, 1.54) is 0 Å². The number of carbonyl (C=O) groups is 1. The third kappa shape index (κ3) is 2.83. The quantitative estimate of drug-likeness (QED) is 0.673. The summed E-state index contributed by atoms with van der Waals surface area (Å²) in [7, 11) is 1.59. The van der Waals surface area contributed by atoms with Crippen LogP contribution in [0.15, 0.2) is 18.2 Å². The van der Waals surface area contributed by atoms with E-state index in [1.807, 2.05) is 5.32 Å². The van der Waals surface area contributed by atoms with Gasteiger partial charge in [-0.1, -0.05) is 22.9 Å². The fourth-order valence-corrected chi connectivity index (χ4v) is 2.92. The largest absolute Gasteiger partial charge is 0.465 e. The SMILES string of the molecule is COC(=O)[C@](Nc1nc2ccc(Cl)cc2s1)(OC)C(F)(F)F. The summed E-state index contributed by atoms with van der Waals surface area (Å²) >= 11 is 6.72. The lowest BCUT2D eigenvalue weighted by Crippen LogP contribution is -2.60. The van der Waals surface area contributed by atoms with Crippen LogP contribution in [-0.2, 0) is 14.3 Å². The van der Waals surface area contributed by atoms with E-state index in [0.29, 0.717) is 15.2 Å². The summed E-state index contributed by atoms with van der Waals surface area (Å²) in [5.41, 5.74) is -2.90. The van der Waals surface area contributed by atoms with E-state index in [2.05, 4.69) is 14.5 Å². The molecule has 0 unspecified atom stereocenters. The van der Waals surface area contributed by atoms with Crippen LogP contribution in [0.3, 0.4) is 0 Å². The molecule has 0 amide bonds. The molecule has 2 rings (SSSR count). The van der Waals surface area contributed by atoms with Crippen molar-refractivity contribution in [2.24, 2.45) is 0 Å². The molecule has 1 atom stereocenters. The molecular formula is C12H10ClF3N2O3S. The summed E-state index contributed by atoms with van der Waals surface area (Å²) in [5, 5.41) is 2.25. The van der Waals surface area contributed by atoms with Crippen molar-refractivity contribution in [1.82, 2.24) is 4.98 Å². The molecule has 0 aliphatic rings. The molecule has 0 spiro atoms. The summed E-state index contributed by atoms with van der Waals surface area (Å²) in [5.74, 6) is -1.63. The minimum Gasteiger partial charge on any atom is -0.465 e. The summed E-state index contributed by atoms with van der Waals surface area (Å²) < 4.78 is 49.0. The van der Waals surface area contributed by atoms with Crippen LogP contribution in [-0.4, -0.2) is 37.1 Å². The van der Waals surface area contributed by atoms with Gasteiger partial charge in [-0.15, -0.1) is 0 Å². The average molecular weight is 355 g/mol. The number of rotatable bonds is 4. The molecule has 1 aromatic heterocycles. The zero-order valence-electron chi connectivity index (χ0n) is 11.3. The van der Waals surface area contributed by atoms with E-state index in [0.717, 1.165) is 25.6 Å². The molecule has 1 heterocycles. The minimum absolute atomic E-state index is 0.151. The van der Waals surface area contributed by atoms with Gasteiger partial charge in [-0.3, -0.25) is 0 Å². The van der Waals surface area contributed by atoms with Gasteiger partial charge in [-0.25, -0.2) is 9.78 Å². The van der Waals surface area contributed by atoms with Crippen molar-refractivity contribution in [2.75, 3.05) is 19.5 Å². The topological polar surface area (TPSA) is 60.5 Å². The van der Waals surface area contributed by atoms with Crippen molar-refractivity contribution in [1.29, 1.82) is 0 Å². The molecule has 0 aliphatic carbocycles. The van der Waals surface area contributed by atoms with Gasteiger partial charge in [0.1, 0.15) is 0 Å². The van der Waals surface area contributed by atoms with Crippen molar-refractivity contribution in [2.45, 2.75) is 11.9 Å². The second-order valence-electron chi connectivity index (χ2n) is 4.13. The highest BCUT2D eigenvalue weighted by molar-refractivity contribution is 7.22.